The molecule has 0 aliphatic heterocycles. The highest BCUT2D eigenvalue weighted by atomic mass is 32.1. The van der Waals surface area contributed by atoms with Gasteiger partial charge in [-0.2, -0.15) is 5.10 Å². The van der Waals surface area contributed by atoms with Crippen molar-refractivity contribution in [3.8, 4) is 0 Å². The number of thiazole rings is 1. The van der Waals surface area contributed by atoms with Gasteiger partial charge >= 0.3 is 5.63 Å². The molecule has 0 bridgehead atoms. The van der Waals surface area contributed by atoms with E-state index in [2.05, 4.69) is 10.1 Å². The Bertz CT molecular complexity index is 1780. The van der Waals surface area contributed by atoms with E-state index in [-0.39, 0.29) is 17.9 Å². The lowest BCUT2D eigenvalue weighted by atomic mass is 10.0. The molecular formula is C26H17FN4O3S. The molecule has 1 amide bonds. The summed E-state index contributed by atoms with van der Waals surface area (Å²) in [5.41, 5.74) is 0.150. The molecule has 0 saturated carbocycles. The van der Waals surface area contributed by atoms with Crippen molar-refractivity contribution in [1.29, 1.82) is 0 Å². The number of anilines is 1. The first-order chi connectivity index (χ1) is 17.1. The molecule has 0 N–H and O–H groups in total. The molecule has 9 heteroatoms. The Labute approximate surface area is 201 Å². The van der Waals surface area contributed by atoms with Crippen molar-refractivity contribution in [3.05, 3.63) is 101 Å². The molecular weight excluding hydrogens is 467 g/mol. The second kappa shape index (κ2) is 8.44. The second-order valence-electron chi connectivity index (χ2n) is 7.98. The molecule has 3 aromatic carbocycles. The molecule has 3 heterocycles. The average Bonchev–Trinajstić information content (AvgIpc) is 3.53. The standard InChI is InChI=1S/C26H17FN4O3S/c27-17-7-8-21-23(14-17)35-26(29-21)31(13-12-30-11-3-10-28-30)24(32)20-15-19-18-5-2-1-4-16(18)6-9-22(19)34-25(20)33/h1-11,14-15H,12-13H2. The lowest BCUT2D eigenvalue weighted by molar-refractivity contribution is 0.0982. The molecule has 0 spiro atoms. The summed E-state index contributed by atoms with van der Waals surface area (Å²) in [5, 5.41) is 7.07. The van der Waals surface area contributed by atoms with Crippen LogP contribution in [0.2, 0.25) is 0 Å². The second-order valence-corrected chi connectivity index (χ2v) is 8.99. The number of hydrogen-bond acceptors (Lipinski definition) is 6. The van der Waals surface area contributed by atoms with Crippen LogP contribution in [0.3, 0.4) is 0 Å². The third-order valence-corrected chi connectivity index (χ3v) is 6.84. The number of nitrogens with zero attached hydrogens (tertiary/aromatic N) is 4. The predicted octanol–water partition coefficient (Wildman–Crippen LogP) is 5.24. The summed E-state index contributed by atoms with van der Waals surface area (Å²) < 4.78 is 21.6. The van der Waals surface area contributed by atoms with E-state index in [9.17, 15) is 14.0 Å². The Kier molecular flexibility index (Phi) is 5.11. The highest BCUT2D eigenvalue weighted by Crippen LogP contribution is 2.31. The maximum absolute atomic E-state index is 13.8. The van der Waals surface area contributed by atoms with Crippen LogP contribution in [0.4, 0.5) is 9.52 Å². The zero-order chi connectivity index (χ0) is 23.9. The van der Waals surface area contributed by atoms with Crippen molar-refractivity contribution in [2.75, 3.05) is 11.4 Å². The topological polar surface area (TPSA) is 81.2 Å². The van der Waals surface area contributed by atoms with Gasteiger partial charge in [0.25, 0.3) is 5.91 Å². The van der Waals surface area contributed by atoms with Gasteiger partial charge in [0.1, 0.15) is 17.0 Å². The molecule has 0 aliphatic carbocycles. The fourth-order valence-electron chi connectivity index (χ4n) is 4.09. The summed E-state index contributed by atoms with van der Waals surface area (Å²) in [6.07, 6.45) is 3.43. The van der Waals surface area contributed by atoms with E-state index in [4.69, 9.17) is 4.42 Å². The highest BCUT2D eigenvalue weighted by molar-refractivity contribution is 7.22. The molecule has 6 rings (SSSR count). The Hall–Kier alpha value is -4.37. The van der Waals surface area contributed by atoms with E-state index in [1.165, 1.54) is 28.4 Å². The molecule has 0 unspecified atom stereocenters. The van der Waals surface area contributed by atoms with Crippen LogP contribution in [-0.4, -0.2) is 27.2 Å². The number of amides is 1. The minimum Gasteiger partial charge on any atom is -0.422 e. The van der Waals surface area contributed by atoms with Gasteiger partial charge in [0.2, 0.25) is 0 Å². The van der Waals surface area contributed by atoms with Crippen molar-refractivity contribution in [3.63, 3.8) is 0 Å². The van der Waals surface area contributed by atoms with Gasteiger partial charge < -0.3 is 4.42 Å². The lowest BCUT2D eigenvalue weighted by Crippen LogP contribution is -2.36. The van der Waals surface area contributed by atoms with Gasteiger partial charge in [0.05, 0.1) is 16.8 Å². The zero-order valence-electron chi connectivity index (χ0n) is 18.2. The molecule has 0 saturated heterocycles. The van der Waals surface area contributed by atoms with Gasteiger partial charge in [0, 0.05) is 24.3 Å². The van der Waals surface area contributed by atoms with E-state index in [1.807, 2.05) is 30.3 Å². The largest absolute Gasteiger partial charge is 0.422 e. The van der Waals surface area contributed by atoms with E-state index >= 15 is 0 Å². The molecule has 0 fully saturated rings. The summed E-state index contributed by atoms with van der Waals surface area (Å²) in [6.45, 7) is 0.584. The number of hydrogen-bond donors (Lipinski definition) is 0. The maximum Gasteiger partial charge on any atom is 0.349 e. The van der Waals surface area contributed by atoms with E-state index in [0.29, 0.717) is 32.9 Å². The summed E-state index contributed by atoms with van der Waals surface area (Å²) in [4.78, 5) is 32.6. The predicted molar refractivity (Wildman–Crippen MR) is 133 cm³/mol. The van der Waals surface area contributed by atoms with Crippen molar-refractivity contribution in [2.24, 2.45) is 0 Å². The van der Waals surface area contributed by atoms with E-state index in [1.54, 1.807) is 41.3 Å². The number of aromatic nitrogens is 3. The van der Waals surface area contributed by atoms with Crippen LogP contribution in [0.15, 0.2) is 88.3 Å². The average molecular weight is 485 g/mol. The highest BCUT2D eigenvalue weighted by Gasteiger charge is 2.25. The third-order valence-electron chi connectivity index (χ3n) is 5.80. The van der Waals surface area contributed by atoms with Gasteiger partial charge in [-0.3, -0.25) is 14.4 Å². The van der Waals surface area contributed by atoms with Crippen molar-refractivity contribution in [2.45, 2.75) is 6.54 Å². The third kappa shape index (κ3) is 3.85. The molecule has 3 aromatic heterocycles. The number of carbonyl (C=O) groups excluding carboxylic acids is 1. The lowest BCUT2D eigenvalue weighted by Gasteiger charge is -2.19. The van der Waals surface area contributed by atoms with Crippen molar-refractivity contribution in [1.82, 2.24) is 14.8 Å². The fourth-order valence-corrected chi connectivity index (χ4v) is 5.10. The number of fused-ring (bicyclic) bond motifs is 4. The smallest absolute Gasteiger partial charge is 0.349 e. The van der Waals surface area contributed by atoms with E-state index in [0.717, 1.165) is 10.8 Å². The van der Waals surface area contributed by atoms with Crippen LogP contribution in [0.25, 0.3) is 32.0 Å². The van der Waals surface area contributed by atoms with Crippen LogP contribution >= 0.6 is 11.3 Å². The number of carbonyl (C=O) groups is 1. The molecule has 35 heavy (non-hydrogen) atoms. The Morgan fingerprint density at radius 3 is 2.80 bits per heavy atom. The molecule has 0 atom stereocenters. The summed E-state index contributed by atoms with van der Waals surface area (Å²) in [5.74, 6) is -0.926. The fraction of sp³-hybridized carbons (Fsp3) is 0.0769. The van der Waals surface area contributed by atoms with Crippen molar-refractivity contribution >= 4 is 54.3 Å². The Morgan fingerprint density at radius 1 is 1.06 bits per heavy atom. The minimum absolute atomic E-state index is 0.0974. The summed E-state index contributed by atoms with van der Waals surface area (Å²) >= 11 is 1.18. The monoisotopic (exact) mass is 484 g/mol. The van der Waals surface area contributed by atoms with Gasteiger partial charge in [-0.15, -0.1) is 0 Å². The van der Waals surface area contributed by atoms with E-state index < -0.39 is 11.5 Å². The van der Waals surface area contributed by atoms with Crippen LogP contribution in [0, 0.1) is 5.82 Å². The Morgan fingerprint density at radius 2 is 1.94 bits per heavy atom. The molecule has 7 nitrogen and oxygen atoms in total. The number of halogens is 1. The van der Waals surface area contributed by atoms with Gasteiger partial charge in [-0.25, -0.2) is 14.2 Å². The molecule has 6 aromatic rings. The molecule has 172 valence electrons. The quantitative estimate of drug-likeness (QED) is 0.247. The maximum atomic E-state index is 13.8. The van der Waals surface area contributed by atoms with Crippen molar-refractivity contribution < 1.29 is 13.6 Å². The number of rotatable bonds is 5. The first-order valence-corrected chi connectivity index (χ1v) is 11.7. The van der Waals surface area contributed by atoms with Gasteiger partial charge in [-0.05, 0) is 47.2 Å². The van der Waals surface area contributed by atoms with Crippen LogP contribution in [0.5, 0.6) is 0 Å². The zero-order valence-corrected chi connectivity index (χ0v) is 19.0. The molecule has 0 aliphatic rings. The van der Waals surface area contributed by atoms with Crippen LogP contribution in [0.1, 0.15) is 10.4 Å². The van der Waals surface area contributed by atoms with Crippen LogP contribution in [-0.2, 0) is 6.54 Å². The van der Waals surface area contributed by atoms with Gasteiger partial charge in [0.15, 0.2) is 5.13 Å². The Balaban J connectivity index is 1.47. The SMILES string of the molecule is O=C(c1cc2c(ccc3ccccc32)oc1=O)N(CCn1cccn1)c1nc2ccc(F)cc2s1. The molecule has 0 radical (unpaired) electrons. The summed E-state index contributed by atoms with van der Waals surface area (Å²) in [6, 6.07) is 18.9. The normalized spacial score (nSPS) is 11.5. The van der Waals surface area contributed by atoms with Crippen LogP contribution < -0.4 is 10.5 Å². The number of benzene rings is 3. The first-order valence-electron chi connectivity index (χ1n) is 10.9. The summed E-state index contributed by atoms with van der Waals surface area (Å²) in [7, 11) is 0. The minimum atomic E-state index is -0.728. The van der Waals surface area contributed by atoms with Gasteiger partial charge in [-0.1, -0.05) is 41.7 Å². The first kappa shape index (κ1) is 21.2.